The molecule has 1 heterocycles. The summed E-state index contributed by atoms with van der Waals surface area (Å²) in [4.78, 5) is 3.62. The van der Waals surface area contributed by atoms with Gasteiger partial charge in [0.05, 0.1) is 10.7 Å². The number of nitrogens with two attached hydrogens (primary N) is 1. The second kappa shape index (κ2) is 6.42. The van der Waals surface area contributed by atoms with Crippen LogP contribution in [0.15, 0.2) is 35.7 Å². The maximum atomic E-state index is 6.33. The molecule has 1 unspecified atom stereocenters. The molecule has 2 aromatic rings. The summed E-state index contributed by atoms with van der Waals surface area (Å²) in [5, 5.41) is 2.88. The number of thiophene rings is 1. The smallest absolute Gasteiger partial charge is 0.0642 e. The van der Waals surface area contributed by atoms with E-state index in [1.807, 2.05) is 12.1 Å². The lowest BCUT2D eigenvalue weighted by Gasteiger charge is -2.28. The first kappa shape index (κ1) is 14.4. The highest BCUT2D eigenvalue weighted by Gasteiger charge is 2.14. The maximum Gasteiger partial charge on any atom is 0.0642 e. The van der Waals surface area contributed by atoms with Crippen molar-refractivity contribution in [3.8, 4) is 0 Å². The van der Waals surface area contributed by atoms with Crippen LogP contribution in [0.5, 0.6) is 0 Å². The van der Waals surface area contributed by atoms with Gasteiger partial charge in [0.2, 0.25) is 0 Å². The third-order valence-electron chi connectivity index (χ3n) is 3.37. The minimum atomic E-state index is 0.403. The first-order valence-electron chi connectivity index (χ1n) is 6.35. The number of hydrogen-bond acceptors (Lipinski definition) is 3. The minimum absolute atomic E-state index is 0.403. The molecular formula is C15H19ClN2S. The van der Waals surface area contributed by atoms with Gasteiger partial charge in [-0.15, -0.1) is 11.3 Å². The van der Waals surface area contributed by atoms with Crippen LogP contribution in [0.2, 0.25) is 5.02 Å². The Morgan fingerprint density at radius 3 is 2.74 bits per heavy atom. The van der Waals surface area contributed by atoms with Gasteiger partial charge in [-0.1, -0.05) is 23.7 Å². The van der Waals surface area contributed by atoms with Gasteiger partial charge in [-0.25, -0.2) is 0 Å². The Kier molecular flexibility index (Phi) is 4.86. The van der Waals surface area contributed by atoms with Crippen LogP contribution in [0.1, 0.15) is 17.4 Å². The Morgan fingerprint density at radius 1 is 1.37 bits per heavy atom. The van der Waals surface area contributed by atoms with Crippen molar-refractivity contribution in [1.29, 1.82) is 0 Å². The summed E-state index contributed by atoms with van der Waals surface area (Å²) in [7, 11) is 2.08. The van der Waals surface area contributed by atoms with Crippen LogP contribution in [-0.4, -0.2) is 13.1 Å². The molecule has 1 atom stereocenters. The fraction of sp³-hybridized carbons (Fsp3) is 0.333. The molecule has 0 saturated carbocycles. The fourth-order valence-electron chi connectivity index (χ4n) is 2.06. The fourth-order valence-corrected chi connectivity index (χ4v) is 3.22. The Bertz CT molecular complexity index is 525. The van der Waals surface area contributed by atoms with Crippen molar-refractivity contribution in [2.45, 2.75) is 25.9 Å². The summed E-state index contributed by atoms with van der Waals surface area (Å²) in [6.07, 6.45) is 1.03. The number of likely N-dealkylation sites (N-methyl/N-ethyl adjacent to an activating group) is 1. The van der Waals surface area contributed by atoms with Crippen molar-refractivity contribution in [3.63, 3.8) is 0 Å². The van der Waals surface area contributed by atoms with Crippen molar-refractivity contribution >= 4 is 28.6 Å². The van der Waals surface area contributed by atoms with Gasteiger partial charge in [0.1, 0.15) is 0 Å². The van der Waals surface area contributed by atoms with E-state index in [0.717, 1.165) is 22.7 Å². The van der Waals surface area contributed by atoms with Crippen LogP contribution in [0.3, 0.4) is 0 Å². The molecule has 0 fully saturated rings. The molecule has 0 radical (unpaired) electrons. The Morgan fingerprint density at radius 2 is 2.16 bits per heavy atom. The Labute approximate surface area is 123 Å². The van der Waals surface area contributed by atoms with E-state index in [-0.39, 0.29) is 0 Å². The SMILES string of the molecule is CC(Cc1cccs1)N(C)c1ccc(CN)cc1Cl. The van der Waals surface area contributed by atoms with E-state index < -0.39 is 0 Å². The standard InChI is InChI=1S/C15H19ClN2S/c1-11(8-13-4-3-7-19-13)18(2)15-6-5-12(10-17)9-14(15)16/h3-7,9,11H,8,10,17H2,1-2H3. The summed E-state index contributed by atoms with van der Waals surface area (Å²) in [5.74, 6) is 0. The van der Waals surface area contributed by atoms with Crippen LogP contribution < -0.4 is 10.6 Å². The number of halogens is 1. The third-order valence-corrected chi connectivity index (χ3v) is 4.57. The molecule has 2 N–H and O–H groups in total. The average Bonchev–Trinajstić information content (AvgIpc) is 2.90. The van der Waals surface area contributed by atoms with Crippen LogP contribution in [0.25, 0.3) is 0 Å². The number of hydrogen-bond donors (Lipinski definition) is 1. The third kappa shape index (κ3) is 3.50. The molecule has 19 heavy (non-hydrogen) atoms. The van der Waals surface area contributed by atoms with E-state index in [4.69, 9.17) is 17.3 Å². The molecule has 102 valence electrons. The first-order valence-corrected chi connectivity index (χ1v) is 7.61. The molecule has 0 spiro atoms. The summed E-state index contributed by atoms with van der Waals surface area (Å²) in [6, 6.07) is 10.7. The second-order valence-corrected chi connectivity index (χ2v) is 6.17. The summed E-state index contributed by atoms with van der Waals surface area (Å²) >= 11 is 8.13. The predicted octanol–water partition coefficient (Wildman–Crippen LogP) is 3.93. The summed E-state index contributed by atoms with van der Waals surface area (Å²) in [5.41, 5.74) is 7.75. The van der Waals surface area contributed by atoms with E-state index in [0.29, 0.717) is 12.6 Å². The first-order chi connectivity index (χ1) is 9.11. The van der Waals surface area contributed by atoms with Crippen molar-refractivity contribution in [3.05, 3.63) is 51.2 Å². The van der Waals surface area contributed by atoms with Crippen LogP contribution in [-0.2, 0) is 13.0 Å². The number of benzene rings is 1. The van der Waals surface area contributed by atoms with E-state index >= 15 is 0 Å². The lowest BCUT2D eigenvalue weighted by molar-refractivity contribution is 0.688. The van der Waals surface area contributed by atoms with Crippen molar-refractivity contribution in [2.24, 2.45) is 5.73 Å². The predicted molar refractivity (Wildman–Crippen MR) is 85.2 cm³/mol. The van der Waals surface area contributed by atoms with Gasteiger partial charge in [0.15, 0.2) is 0 Å². The Balaban J connectivity index is 2.12. The van der Waals surface area contributed by atoms with Gasteiger partial charge in [-0.2, -0.15) is 0 Å². The largest absolute Gasteiger partial charge is 0.370 e. The molecule has 0 saturated heterocycles. The number of nitrogens with zero attached hydrogens (tertiary/aromatic N) is 1. The zero-order valence-electron chi connectivity index (χ0n) is 11.3. The second-order valence-electron chi connectivity index (χ2n) is 4.73. The molecule has 0 amide bonds. The molecule has 4 heteroatoms. The highest BCUT2D eigenvalue weighted by Crippen LogP contribution is 2.28. The lowest BCUT2D eigenvalue weighted by Crippen LogP contribution is -2.30. The number of anilines is 1. The van der Waals surface area contributed by atoms with Crippen molar-refractivity contribution in [1.82, 2.24) is 0 Å². The molecular weight excluding hydrogens is 276 g/mol. The van der Waals surface area contributed by atoms with E-state index in [9.17, 15) is 0 Å². The zero-order chi connectivity index (χ0) is 13.8. The molecule has 0 bridgehead atoms. The zero-order valence-corrected chi connectivity index (χ0v) is 12.8. The number of rotatable bonds is 5. The molecule has 1 aromatic heterocycles. The topological polar surface area (TPSA) is 29.3 Å². The molecule has 0 aliphatic rings. The monoisotopic (exact) mass is 294 g/mol. The maximum absolute atomic E-state index is 6.33. The minimum Gasteiger partial charge on any atom is -0.370 e. The summed E-state index contributed by atoms with van der Waals surface area (Å²) in [6.45, 7) is 2.74. The van der Waals surface area contributed by atoms with Gasteiger partial charge in [-0.05, 0) is 36.1 Å². The Hall–Kier alpha value is -1.03. The normalized spacial score (nSPS) is 12.4. The van der Waals surface area contributed by atoms with Gasteiger partial charge < -0.3 is 10.6 Å². The molecule has 1 aromatic carbocycles. The molecule has 0 aliphatic carbocycles. The molecule has 2 rings (SSSR count). The quantitative estimate of drug-likeness (QED) is 0.905. The van der Waals surface area contributed by atoms with Gasteiger partial charge >= 0.3 is 0 Å². The molecule has 0 aliphatic heterocycles. The van der Waals surface area contributed by atoms with Gasteiger partial charge in [0.25, 0.3) is 0 Å². The van der Waals surface area contributed by atoms with Crippen LogP contribution in [0.4, 0.5) is 5.69 Å². The van der Waals surface area contributed by atoms with Crippen molar-refractivity contribution in [2.75, 3.05) is 11.9 Å². The van der Waals surface area contributed by atoms with Gasteiger partial charge in [0, 0.05) is 30.9 Å². The van der Waals surface area contributed by atoms with E-state index in [2.05, 4.69) is 42.5 Å². The highest BCUT2D eigenvalue weighted by atomic mass is 35.5. The average molecular weight is 295 g/mol. The summed E-state index contributed by atoms with van der Waals surface area (Å²) < 4.78 is 0. The van der Waals surface area contributed by atoms with Gasteiger partial charge in [-0.3, -0.25) is 0 Å². The van der Waals surface area contributed by atoms with E-state index in [1.165, 1.54) is 4.88 Å². The lowest BCUT2D eigenvalue weighted by atomic mass is 10.1. The molecule has 2 nitrogen and oxygen atoms in total. The van der Waals surface area contributed by atoms with Crippen molar-refractivity contribution < 1.29 is 0 Å². The van der Waals surface area contributed by atoms with E-state index in [1.54, 1.807) is 11.3 Å². The van der Waals surface area contributed by atoms with Crippen LogP contribution in [0, 0.1) is 0 Å². The van der Waals surface area contributed by atoms with Crippen LogP contribution >= 0.6 is 22.9 Å². The highest BCUT2D eigenvalue weighted by molar-refractivity contribution is 7.09.